The maximum Gasteiger partial charge on any atom is 0.251 e. The monoisotopic (exact) mass is 352 g/mol. The number of amides is 1. The molecule has 0 saturated carbocycles. The molecule has 0 aliphatic carbocycles. The Morgan fingerprint density at radius 3 is 2.24 bits per heavy atom. The van der Waals surface area contributed by atoms with E-state index in [1.807, 2.05) is 36.4 Å². The van der Waals surface area contributed by atoms with E-state index in [1.54, 1.807) is 25.1 Å². The van der Waals surface area contributed by atoms with Gasteiger partial charge in [-0.2, -0.15) is 0 Å². The van der Waals surface area contributed by atoms with E-state index in [1.165, 1.54) is 0 Å². The van der Waals surface area contributed by atoms with E-state index in [0.29, 0.717) is 28.8 Å². The molecule has 1 heterocycles. The molecule has 3 rings (SSSR count). The molecule has 3 N–H and O–H groups in total. The van der Waals surface area contributed by atoms with Crippen LogP contribution in [0, 0.1) is 6.92 Å². The van der Waals surface area contributed by atoms with Crippen molar-refractivity contribution in [2.24, 2.45) is 0 Å². The van der Waals surface area contributed by atoms with Crippen LogP contribution in [0.2, 0.25) is 5.15 Å². The molecule has 5 nitrogen and oxygen atoms in total. The van der Waals surface area contributed by atoms with Gasteiger partial charge in [0.05, 0.1) is 12.2 Å². The molecule has 126 valence electrons. The summed E-state index contributed by atoms with van der Waals surface area (Å²) in [5.41, 5.74) is 9.74. The van der Waals surface area contributed by atoms with Gasteiger partial charge in [0.2, 0.25) is 0 Å². The number of carbonyl (C=O) groups is 1. The van der Waals surface area contributed by atoms with Gasteiger partial charge in [0.15, 0.2) is 0 Å². The quantitative estimate of drug-likeness (QED) is 0.555. The molecule has 0 saturated heterocycles. The van der Waals surface area contributed by atoms with Gasteiger partial charge in [0.1, 0.15) is 11.0 Å². The minimum absolute atomic E-state index is 0.170. The zero-order valence-electron chi connectivity index (χ0n) is 13.7. The molecule has 0 spiro atoms. The first-order valence-electron chi connectivity index (χ1n) is 7.75. The standard InChI is InChI=1S/C19H17ClN4O/c1-12-23-17(10-18(20)24-12)11-22-19(25)15-4-2-13(3-5-15)14-6-8-16(21)9-7-14/h2-10H,11,21H2,1H3,(H,22,25). The predicted molar refractivity (Wildman–Crippen MR) is 99.2 cm³/mol. The van der Waals surface area contributed by atoms with Crippen LogP contribution in [0.25, 0.3) is 11.1 Å². The minimum atomic E-state index is -0.170. The number of aromatic nitrogens is 2. The van der Waals surface area contributed by atoms with E-state index in [2.05, 4.69) is 15.3 Å². The van der Waals surface area contributed by atoms with Crippen molar-refractivity contribution in [2.45, 2.75) is 13.5 Å². The summed E-state index contributed by atoms with van der Waals surface area (Å²) in [6.45, 7) is 2.05. The molecule has 0 unspecified atom stereocenters. The van der Waals surface area contributed by atoms with Crippen molar-refractivity contribution in [1.29, 1.82) is 0 Å². The van der Waals surface area contributed by atoms with Gasteiger partial charge < -0.3 is 11.1 Å². The van der Waals surface area contributed by atoms with Gasteiger partial charge in [-0.25, -0.2) is 9.97 Å². The summed E-state index contributed by atoms with van der Waals surface area (Å²) < 4.78 is 0. The second kappa shape index (κ2) is 7.32. The normalized spacial score (nSPS) is 10.5. The summed E-state index contributed by atoms with van der Waals surface area (Å²) in [5.74, 6) is 0.404. The highest BCUT2D eigenvalue weighted by atomic mass is 35.5. The Morgan fingerprint density at radius 1 is 1.04 bits per heavy atom. The Kier molecular flexibility index (Phi) is 4.95. The van der Waals surface area contributed by atoms with E-state index >= 15 is 0 Å². The Balaban J connectivity index is 1.67. The number of hydrogen-bond acceptors (Lipinski definition) is 4. The fourth-order valence-electron chi connectivity index (χ4n) is 2.44. The Morgan fingerprint density at radius 2 is 1.64 bits per heavy atom. The van der Waals surface area contributed by atoms with Crippen molar-refractivity contribution in [3.05, 3.63) is 76.8 Å². The largest absolute Gasteiger partial charge is 0.399 e. The van der Waals surface area contributed by atoms with Crippen molar-refractivity contribution in [3.8, 4) is 11.1 Å². The zero-order valence-corrected chi connectivity index (χ0v) is 14.4. The lowest BCUT2D eigenvalue weighted by molar-refractivity contribution is 0.0950. The molecule has 6 heteroatoms. The van der Waals surface area contributed by atoms with E-state index in [4.69, 9.17) is 17.3 Å². The lowest BCUT2D eigenvalue weighted by Gasteiger charge is -2.07. The number of anilines is 1. The molecule has 0 atom stereocenters. The van der Waals surface area contributed by atoms with Crippen LogP contribution in [0.1, 0.15) is 21.9 Å². The molecule has 0 fully saturated rings. The van der Waals surface area contributed by atoms with Crippen LogP contribution in [-0.2, 0) is 6.54 Å². The smallest absolute Gasteiger partial charge is 0.251 e. The second-order valence-corrected chi connectivity index (χ2v) is 6.00. The first-order valence-corrected chi connectivity index (χ1v) is 8.13. The molecular formula is C19H17ClN4O. The molecule has 3 aromatic rings. The van der Waals surface area contributed by atoms with Crippen molar-refractivity contribution in [2.75, 3.05) is 5.73 Å². The number of benzene rings is 2. The summed E-state index contributed by atoms with van der Waals surface area (Å²) >= 11 is 5.90. The number of nitrogens with one attached hydrogen (secondary N) is 1. The summed E-state index contributed by atoms with van der Waals surface area (Å²) in [7, 11) is 0. The van der Waals surface area contributed by atoms with E-state index in [-0.39, 0.29) is 5.91 Å². The van der Waals surface area contributed by atoms with Crippen LogP contribution in [0.3, 0.4) is 0 Å². The number of rotatable bonds is 4. The summed E-state index contributed by atoms with van der Waals surface area (Å²) in [5, 5.41) is 3.20. The Labute approximate surface area is 150 Å². The van der Waals surface area contributed by atoms with E-state index < -0.39 is 0 Å². The van der Waals surface area contributed by atoms with Gasteiger partial charge in [0.25, 0.3) is 5.91 Å². The summed E-state index contributed by atoms with van der Waals surface area (Å²) in [6.07, 6.45) is 0. The average Bonchev–Trinajstić information content (AvgIpc) is 2.60. The summed E-state index contributed by atoms with van der Waals surface area (Å²) in [4.78, 5) is 20.5. The molecular weight excluding hydrogens is 336 g/mol. The zero-order chi connectivity index (χ0) is 17.8. The van der Waals surface area contributed by atoms with Gasteiger partial charge in [-0.1, -0.05) is 35.9 Å². The molecule has 0 bridgehead atoms. The lowest BCUT2D eigenvalue weighted by Crippen LogP contribution is -2.23. The maximum absolute atomic E-state index is 12.3. The van der Waals surface area contributed by atoms with Crippen LogP contribution in [-0.4, -0.2) is 15.9 Å². The highest BCUT2D eigenvalue weighted by Gasteiger charge is 2.07. The number of nitrogen functional groups attached to an aromatic ring is 1. The van der Waals surface area contributed by atoms with Crippen molar-refractivity contribution in [3.63, 3.8) is 0 Å². The van der Waals surface area contributed by atoms with Gasteiger partial charge in [-0.05, 0) is 48.4 Å². The van der Waals surface area contributed by atoms with Crippen LogP contribution < -0.4 is 11.1 Å². The third-order valence-corrected chi connectivity index (χ3v) is 3.87. The van der Waals surface area contributed by atoms with Gasteiger partial charge in [-0.3, -0.25) is 4.79 Å². The number of nitrogens with zero attached hydrogens (tertiary/aromatic N) is 2. The van der Waals surface area contributed by atoms with Crippen LogP contribution in [0.4, 0.5) is 5.69 Å². The molecule has 0 aliphatic rings. The number of nitrogens with two attached hydrogens (primary N) is 1. The van der Waals surface area contributed by atoms with E-state index in [0.717, 1.165) is 16.8 Å². The number of halogens is 1. The highest BCUT2D eigenvalue weighted by Crippen LogP contribution is 2.21. The molecule has 25 heavy (non-hydrogen) atoms. The molecule has 0 aliphatic heterocycles. The number of aryl methyl sites for hydroxylation is 1. The summed E-state index contributed by atoms with van der Waals surface area (Å²) in [6, 6.07) is 16.6. The first-order chi connectivity index (χ1) is 12.0. The topological polar surface area (TPSA) is 80.9 Å². The third-order valence-electron chi connectivity index (χ3n) is 3.68. The number of carbonyl (C=O) groups excluding carboxylic acids is 1. The lowest BCUT2D eigenvalue weighted by atomic mass is 10.0. The van der Waals surface area contributed by atoms with Gasteiger partial charge >= 0.3 is 0 Å². The Hall–Kier alpha value is -2.92. The van der Waals surface area contributed by atoms with Crippen LogP contribution >= 0.6 is 11.6 Å². The third kappa shape index (κ3) is 4.33. The van der Waals surface area contributed by atoms with Crippen molar-refractivity contribution in [1.82, 2.24) is 15.3 Å². The fraction of sp³-hybridized carbons (Fsp3) is 0.105. The molecule has 1 aromatic heterocycles. The van der Waals surface area contributed by atoms with Gasteiger partial charge in [0, 0.05) is 11.3 Å². The van der Waals surface area contributed by atoms with Crippen molar-refractivity contribution >= 4 is 23.2 Å². The minimum Gasteiger partial charge on any atom is -0.399 e. The second-order valence-electron chi connectivity index (χ2n) is 5.61. The molecule has 0 radical (unpaired) electrons. The fourth-order valence-corrected chi connectivity index (χ4v) is 2.69. The predicted octanol–water partition coefficient (Wildman–Crippen LogP) is 3.62. The van der Waals surface area contributed by atoms with Gasteiger partial charge in [-0.15, -0.1) is 0 Å². The average molecular weight is 353 g/mol. The molecule has 2 aromatic carbocycles. The van der Waals surface area contributed by atoms with E-state index in [9.17, 15) is 4.79 Å². The van der Waals surface area contributed by atoms with Crippen molar-refractivity contribution < 1.29 is 4.79 Å². The highest BCUT2D eigenvalue weighted by molar-refractivity contribution is 6.29. The first kappa shape index (κ1) is 16.9. The van der Waals surface area contributed by atoms with Crippen LogP contribution in [0.5, 0.6) is 0 Å². The Bertz CT molecular complexity index is 872. The maximum atomic E-state index is 12.3. The SMILES string of the molecule is Cc1nc(Cl)cc(CNC(=O)c2ccc(-c3ccc(N)cc3)cc2)n1. The molecule has 1 amide bonds. The number of hydrogen-bond donors (Lipinski definition) is 2. The van der Waals surface area contributed by atoms with Crippen LogP contribution in [0.15, 0.2) is 54.6 Å².